The van der Waals surface area contributed by atoms with Crippen LogP contribution < -0.4 is 19.7 Å². The Morgan fingerprint density at radius 1 is 1.07 bits per heavy atom. The summed E-state index contributed by atoms with van der Waals surface area (Å²) in [4.78, 5) is 15.1. The molecule has 28 heavy (non-hydrogen) atoms. The number of rotatable bonds is 4. The molecule has 2 heterocycles. The van der Waals surface area contributed by atoms with Crippen molar-refractivity contribution in [3.05, 3.63) is 54.1 Å². The van der Waals surface area contributed by atoms with Crippen LogP contribution in [0.5, 0.6) is 11.5 Å². The quantitative estimate of drug-likeness (QED) is 0.873. The number of hydrogen-bond donors (Lipinski definition) is 1. The van der Waals surface area contributed by atoms with Gasteiger partial charge in [-0.05, 0) is 55.5 Å². The molecule has 0 bridgehead atoms. The molecule has 0 unspecified atom stereocenters. The highest BCUT2D eigenvalue weighted by Crippen LogP contribution is 2.31. The van der Waals surface area contributed by atoms with Crippen LogP contribution in [0.3, 0.4) is 0 Å². The molecule has 2 aromatic rings. The molecule has 4 rings (SSSR count). The summed E-state index contributed by atoms with van der Waals surface area (Å²) in [5.41, 5.74) is 2.34. The van der Waals surface area contributed by atoms with Crippen LogP contribution in [0, 0.1) is 5.92 Å². The molecule has 2 aliphatic rings. The first-order valence-electron chi connectivity index (χ1n) is 10.1. The summed E-state index contributed by atoms with van der Waals surface area (Å²) in [5, 5.41) is 3.04. The first kappa shape index (κ1) is 18.7. The Balaban J connectivity index is 1.34. The smallest absolute Gasteiger partial charge is 0.265 e. The molecule has 1 amide bonds. The number of fused-ring (bicyclic) bond motifs is 1. The van der Waals surface area contributed by atoms with Crippen LogP contribution in [-0.2, 0) is 4.79 Å². The fourth-order valence-electron chi connectivity index (χ4n) is 3.78. The number of amides is 1. The highest BCUT2D eigenvalue weighted by atomic mass is 16.6. The van der Waals surface area contributed by atoms with Gasteiger partial charge >= 0.3 is 0 Å². The van der Waals surface area contributed by atoms with Crippen molar-refractivity contribution in [2.24, 2.45) is 5.92 Å². The van der Waals surface area contributed by atoms with Gasteiger partial charge in [-0.3, -0.25) is 4.79 Å². The van der Waals surface area contributed by atoms with Crippen LogP contribution in [0.2, 0.25) is 0 Å². The highest BCUT2D eigenvalue weighted by molar-refractivity contribution is 5.82. The predicted octanol–water partition coefficient (Wildman–Crippen LogP) is 3.94. The SMILES string of the molecule is CC1CCN(c2ccc([C@H](C)NC(=O)[C@@H]3COc4ccccc4O3)cc2)CC1. The van der Waals surface area contributed by atoms with Gasteiger partial charge < -0.3 is 19.7 Å². The first-order valence-corrected chi connectivity index (χ1v) is 10.1. The Labute approximate surface area is 166 Å². The van der Waals surface area contributed by atoms with Crippen LogP contribution >= 0.6 is 0 Å². The third-order valence-corrected chi connectivity index (χ3v) is 5.70. The van der Waals surface area contributed by atoms with Crippen molar-refractivity contribution < 1.29 is 14.3 Å². The second-order valence-electron chi connectivity index (χ2n) is 7.86. The second kappa shape index (κ2) is 8.13. The Kier molecular flexibility index (Phi) is 5.42. The first-order chi connectivity index (χ1) is 13.6. The normalized spacial score (nSPS) is 20.5. The largest absolute Gasteiger partial charge is 0.485 e. The van der Waals surface area contributed by atoms with Crippen LogP contribution in [-0.4, -0.2) is 31.7 Å². The van der Waals surface area contributed by atoms with E-state index in [-0.39, 0.29) is 18.6 Å². The Morgan fingerprint density at radius 3 is 2.46 bits per heavy atom. The van der Waals surface area contributed by atoms with Crippen molar-refractivity contribution in [3.63, 3.8) is 0 Å². The van der Waals surface area contributed by atoms with Crippen molar-refractivity contribution in [1.29, 1.82) is 0 Å². The summed E-state index contributed by atoms with van der Waals surface area (Å²) < 4.78 is 11.4. The zero-order chi connectivity index (χ0) is 19.5. The molecule has 2 atom stereocenters. The summed E-state index contributed by atoms with van der Waals surface area (Å²) in [6, 6.07) is 15.8. The molecule has 2 aromatic carbocycles. The number of anilines is 1. The van der Waals surface area contributed by atoms with Gasteiger partial charge in [0.15, 0.2) is 11.5 Å². The Morgan fingerprint density at radius 2 is 1.75 bits per heavy atom. The Bertz CT molecular complexity index is 813. The van der Waals surface area contributed by atoms with Gasteiger partial charge in [0.25, 0.3) is 5.91 Å². The summed E-state index contributed by atoms with van der Waals surface area (Å²) in [5.74, 6) is 1.96. The zero-order valence-corrected chi connectivity index (χ0v) is 16.6. The molecular weight excluding hydrogens is 352 g/mol. The molecule has 0 saturated carbocycles. The third kappa shape index (κ3) is 4.08. The summed E-state index contributed by atoms with van der Waals surface area (Å²) in [6.07, 6.45) is 1.87. The van der Waals surface area contributed by atoms with E-state index in [1.165, 1.54) is 18.5 Å². The van der Waals surface area contributed by atoms with Gasteiger partial charge in [0.1, 0.15) is 6.61 Å². The van der Waals surface area contributed by atoms with Crippen molar-refractivity contribution in [2.75, 3.05) is 24.6 Å². The monoisotopic (exact) mass is 380 g/mol. The molecule has 0 aromatic heterocycles. The molecule has 1 fully saturated rings. The minimum atomic E-state index is -0.632. The molecule has 0 aliphatic carbocycles. The molecule has 148 valence electrons. The van der Waals surface area contributed by atoms with E-state index in [0.717, 1.165) is 24.6 Å². The fourth-order valence-corrected chi connectivity index (χ4v) is 3.78. The molecule has 5 heteroatoms. The number of nitrogens with one attached hydrogen (secondary N) is 1. The summed E-state index contributed by atoms with van der Waals surface area (Å²) in [7, 11) is 0. The van der Waals surface area contributed by atoms with Gasteiger partial charge in [-0.2, -0.15) is 0 Å². The van der Waals surface area contributed by atoms with Crippen LogP contribution in [0.1, 0.15) is 38.3 Å². The maximum atomic E-state index is 12.6. The van der Waals surface area contributed by atoms with Gasteiger partial charge in [0.2, 0.25) is 6.10 Å². The lowest BCUT2D eigenvalue weighted by Gasteiger charge is -2.32. The van der Waals surface area contributed by atoms with Crippen LogP contribution in [0.4, 0.5) is 5.69 Å². The highest BCUT2D eigenvalue weighted by Gasteiger charge is 2.28. The molecule has 1 saturated heterocycles. The van der Waals surface area contributed by atoms with Crippen LogP contribution in [0.25, 0.3) is 0 Å². The minimum Gasteiger partial charge on any atom is -0.485 e. The van der Waals surface area contributed by atoms with Gasteiger partial charge in [-0.15, -0.1) is 0 Å². The lowest BCUT2D eigenvalue weighted by atomic mass is 9.98. The van der Waals surface area contributed by atoms with E-state index >= 15 is 0 Å². The maximum absolute atomic E-state index is 12.6. The fraction of sp³-hybridized carbons (Fsp3) is 0.435. The van der Waals surface area contributed by atoms with E-state index in [1.54, 1.807) is 0 Å². The lowest BCUT2D eigenvalue weighted by Crippen LogP contribution is -2.44. The van der Waals surface area contributed by atoms with E-state index in [1.807, 2.05) is 31.2 Å². The van der Waals surface area contributed by atoms with Gasteiger partial charge in [0.05, 0.1) is 6.04 Å². The van der Waals surface area contributed by atoms with Crippen molar-refractivity contribution in [1.82, 2.24) is 5.32 Å². The van der Waals surface area contributed by atoms with Crippen molar-refractivity contribution in [3.8, 4) is 11.5 Å². The summed E-state index contributed by atoms with van der Waals surface area (Å²) >= 11 is 0. The molecule has 0 spiro atoms. The van der Waals surface area contributed by atoms with E-state index in [4.69, 9.17) is 9.47 Å². The van der Waals surface area contributed by atoms with E-state index < -0.39 is 6.10 Å². The molecule has 2 aliphatic heterocycles. The lowest BCUT2D eigenvalue weighted by molar-refractivity contribution is -0.131. The number of hydrogen-bond acceptors (Lipinski definition) is 4. The minimum absolute atomic E-state index is 0.0938. The van der Waals surface area contributed by atoms with E-state index in [2.05, 4.69) is 41.4 Å². The van der Waals surface area contributed by atoms with Gasteiger partial charge in [-0.1, -0.05) is 31.2 Å². The standard InChI is InChI=1S/C23H28N2O3/c1-16-11-13-25(14-12-16)19-9-7-18(8-10-19)17(2)24-23(26)22-15-27-20-5-3-4-6-21(20)28-22/h3-10,16-17,22H,11-15H2,1-2H3,(H,24,26)/t17-,22-/m0/s1. The van der Waals surface area contributed by atoms with E-state index in [9.17, 15) is 4.79 Å². The second-order valence-corrected chi connectivity index (χ2v) is 7.86. The molecule has 0 radical (unpaired) electrons. The number of carbonyl (C=O) groups excluding carboxylic acids is 1. The number of carbonyl (C=O) groups is 1. The van der Waals surface area contributed by atoms with Crippen molar-refractivity contribution in [2.45, 2.75) is 38.8 Å². The average Bonchev–Trinajstić information content (AvgIpc) is 2.74. The molecule has 5 nitrogen and oxygen atoms in total. The zero-order valence-electron chi connectivity index (χ0n) is 16.6. The maximum Gasteiger partial charge on any atom is 0.265 e. The predicted molar refractivity (Wildman–Crippen MR) is 110 cm³/mol. The Hall–Kier alpha value is -2.69. The number of nitrogens with zero attached hydrogens (tertiary/aromatic N) is 1. The number of ether oxygens (including phenoxy) is 2. The number of piperidine rings is 1. The third-order valence-electron chi connectivity index (χ3n) is 5.70. The van der Waals surface area contributed by atoms with Crippen LogP contribution in [0.15, 0.2) is 48.5 Å². The topological polar surface area (TPSA) is 50.8 Å². The molecule has 1 N–H and O–H groups in total. The van der Waals surface area contributed by atoms with Gasteiger partial charge in [-0.25, -0.2) is 0 Å². The van der Waals surface area contributed by atoms with Gasteiger partial charge in [0, 0.05) is 18.8 Å². The van der Waals surface area contributed by atoms with E-state index in [0.29, 0.717) is 11.5 Å². The average molecular weight is 380 g/mol. The number of benzene rings is 2. The summed E-state index contributed by atoms with van der Waals surface area (Å²) in [6.45, 7) is 6.78. The number of para-hydroxylation sites is 2. The van der Waals surface area contributed by atoms with Crippen molar-refractivity contribution >= 4 is 11.6 Å². The molecular formula is C23H28N2O3.